The minimum Gasteiger partial charge on any atom is -0.348 e. The predicted octanol–water partition coefficient (Wildman–Crippen LogP) is 2.20. The second-order valence-corrected chi connectivity index (χ2v) is 6.30. The summed E-state index contributed by atoms with van der Waals surface area (Å²) in [4.78, 5) is 14.1. The van der Waals surface area contributed by atoms with Gasteiger partial charge in [0.05, 0.1) is 24.8 Å². The van der Waals surface area contributed by atoms with Crippen LogP contribution in [0, 0.1) is 18.6 Å². The number of carbonyl (C=O) groups excluding carboxylic acids is 1. The lowest BCUT2D eigenvalue weighted by molar-refractivity contribution is -0.124. The summed E-state index contributed by atoms with van der Waals surface area (Å²) in [6, 6.07) is 3.15. The van der Waals surface area contributed by atoms with Crippen LogP contribution < -0.4 is 5.32 Å². The van der Waals surface area contributed by atoms with E-state index < -0.39 is 17.7 Å². The van der Waals surface area contributed by atoms with Gasteiger partial charge in [-0.25, -0.2) is 8.78 Å². The van der Waals surface area contributed by atoms with E-state index in [1.165, 1.54) is 12.1 Å². The highest BCUT2D eigenvalue weighted by Gasteiger charge is 2.30. The van der Waals surface area contributed by atoms with E-state index in [9.17, 15) is 13.6 Å². The van der Waals surface area contributed by atoms with Gasteiger partial charge in [-0.15, -0.1) is 0 Å². The SMILES string of the molecule is Cc1cnn(C2CN(CC(=O)NC(C)c3ccc(F)cc3F)C2)c1. The second-order valence-electron chi connectivity index (χ2n) is 6.30. The molecule has 1 atom stereocenters. The summed E-state index contributed by atoms with van der Waals surface area (Å²) in [6.45, 7) is 5.44. The molecule has 24 heavy (non-hydrogen) atoms. The number of nitrogens with zero attached hydrogens (tertiary/aromatic N) is 3. The Labute approximate surface area is 139 Å². The number of amides is 1. The van der Waals surface area contributed by atoms with E-state index in [1.807, 2.05) is 28.9 Å². The van der Waals surface area contributed by atoms with Crippen molar-refractivity contribution in [2.24, 2.45) is 0 Å². The summed E-state index contributed by atoms with van der Waals surface area (Å²) in [5, 5.41) is 7.02. The molecule has 1 aliphatic rings. The van der Waals surface area contributed by atoms with Gasteiger partial charge in [-0.2, -0.15) is 5.10 Å². The van der Waals surface area contributed by atoms with E-state index in [0.29, 0.717) is 6.04 Å². The lowest BCUT2D eigenvalue weighted by Crippen LogP contribution is -2.51. The summed E-state index contributed by atoms with van der Waals surface area (Å²) in [7, 11) is 0. The lowest BCUT2D eigenvalue weighted by atomic mass is 10.1. The van der Waals surface area contributed by atoms with Crippen molar-refractivity contribution in [3.63, 3.8) is 0 Å². The molecule has 0 saturated carbocycles. The third-order valence-corrected chi connectivity index (χ3v) is 4.22. The second kappa shape index (κ2) is 6.68. The van der Waals surface area contributed by atoms with Gasteiger partial charge < -0.3 is 5.32 Å². The Bertz CT molecular complexity index is 740. The topological polar surface area (TPSA) is 50.2 Å². The first-order chi connectivity index (χ1) is 11.4. The molecule has 2 heterocycles. The molecule has 0 radical (unpaired) electrons. The number of halogens is 2. The fourth-order valence-electron chi connectivity index (χ4n) is 2.89. The lowest BCUT2D eigenvalue weighted by Gasteiger charge is -2.38. The molecule has 1 unspecified atom stereocenters. The number of likely N-dealkylation sites (tertiary alicyclic amines) is 1. The summed E-state index contributed by atoms with van der Waals surface area (Å²) in [6.07, 6.45) is 3.80. The van der Waals surface area contributed by atoms with Crippen molar-refractivity contribution >= 4 is 5.91 Å². The minimum atomic E-state index is -0.652. The third kappa shape index (κ3) is 3.62. The standard InChI is InChI=1S/C17H20F2N4O/c1-11-6-20-23(7-11)14-8-22(9-14)10-17(24)21-12(2)15-4-3-13(18)5-16(15)19/h3-7,12,14H,8-10H2,1-2H3,(H,21,24). The van der Waals surface area contributed by atoms with E-state index in [-0.39, 0.29) is 18.0 Å². The number of benzene rings is 1. The molecule has 2 aromatic rings. The molecule has 5 nitrogen and oxygen atoms in total. The average molecular weight is 334 g/mol. The van der Waals surface area contributed by atoms with Gasteiger partial charge in [0.1, 0.15) is 11.6 Å². The summed E-state index contributed by atoms with van der Waals surface area (Å²) in [5.41, 5.74) is 1.39. The normalized spacial score (nSPS) is 16.7. The van der Waals surface area contributed by atoms with E-state index in [0.717, 1.165) is 24.7 Å². The Kier molecular flexibility index (Phi) is 4.62. The predicted molar refractivity (Wildman–Crippen MR) is 85.4 cm³/mol. The number of hydrogen-bond acceptors (Lipinski definition) is 3. The Hall–Kier alpha value is -2.28. The number of aromatic nitrogens is 2. The van der Waals surface area contributed by atoms with Crippen LogP contribution in [0.5, 0.6) is 0 Å². The molecule has 1 aromatic heterocycles. The van der Waals surface area contributed by atoms with Crippen LogP contribution in [0.2, 0.25) is 0 Å². The van der Waals surface area contributed by atoms with E-state index in [4.69, 9.17) is 0 Å². The Morgan fingerprint density at radius 1 is 1.42 bits per heavy atom. The van der Waals surface area contributed by atoms with Crippen molar-refractivity contribution in [1.29, 1.82) is 0 Å². The van der Waals surface area contributed by atoms with Crippen LogP contribution in [0.25, 0.3) is 0 Å². The Morgan fingerprint density at radius 3 is 2.79 bits per heavy atom. The van der Waals surface area contributed by atoms with Crippen molar-refractivity contribution in [2.45, 2.75) is 25.9 Å². The fraction of sp³-hybridized carbons (Fsp3) is 0.412. The van der Waals surface area contributed by atoms with Gasteiger partial charge in [-0.3, -0.25) is 14.4 Å². The smallest absolute Gasteiger partial charge is 0.234 e. The minimum absolute atomic E-state index is 0.179. The number of rotatable bonds is 5. The first-order valence-electron chi connectivity index (χ1n) is 7.90. The summed E-state index contributed by atoms with van der Waals surface area (Å²) in [5.74, 6) is -1.46. The zero-order chi connectivity index (χ0) is 17.3. The van der Waals surface area contributed by atoms with E-state index >= 15 is 0 Å². The maximum absolute atomic E-state index is 13.7. The Balaban J connectivity index is 1.48. The number of nitrogens with one attached hydrogen (secondary N) is 1. The van der Waals surface area contributed by atoms with E-state index in [1.54, 1.807) is 6.92 Å². The maximum Gasteiger partial charge on any atom is 0.234 e. The average Bonchev–Trinajstić information content (AvgIpc) is 2.88. The van der Waals surface area contributed by atoms with Gasteiger partial charge in [0.25, 0.3) is 0 Å². The molecule has 1 saturated heterocycles. The van der Waals surface area contributed by atoms with Crippen LogP contribution in [0.3, 0.4) is 0 Å². The first-order valence-corrected chi connectivity index (χ1v) is 7.90. The largest absolute Gasteiger partial charge is 0.348 e. The molecule has 1 aliphatic heterocycles. The van der Waals surface area contributed by atoms with Gasteiger partial charge in [-0.05, 0) is 25.5 Å². The molecule has 0 bridgehead atoms. The number of carbonyl (C=O) groups is 1. The third-order valence-electron chi connectivity index (χ3n) is 4.22. The maximum atomic E-state index is 13.7. The van der Waals surface area contributed by atoms with E-state index in [2.05, 4.69) is 10.4 Å². The molecule has 1 N–H and O–H groups in total. The Morgan fingerprint density at radius 2 is 2.17 bits per heavy atom. The monoisotopic (exact) mass is 334 g/mol. The van der Waals surface area contributed by atoms with Crippen molar-refractivity contribution in [3.05, 3.63) is 53.4 Å². The molecule has 1 amide bonds. The van der Waals surface area contributed by atoms with Crippen LogP contribution in [0.4, 0.5) is 8.78 Å². The highest BCUT2D eigenvalue weighted by Crippen LogP contribution is 2.21. The molecule has 1 fully saturated rings. The van der Waals surface area contributed by atoms with Crippen molar-refractivity contribution < 1.29 is 13.6 Å². The molecule has 1 aromatic carbocycles. The van der Waals surface area contributed by atoms with Gasteiger partial charge >= 0.3 is 0 Å². The van der Waals surface area contributed by atoms with Crippen LogP contribution in [-0.4, -0.2) is 40.2 Å². The van der Waals surface area contributed by atoms with Gasteiger partial charge in [0.2, 0.25) is 5.91 Å². The van der Waals surface area contributed by atoms with Gasteiger partial charge in [-0.1, -0.05) is 6.07 Å². The van der Waals surface area contributed by atoms with Crippen LogP contribution in [0.1, 0.15) is 30.1 Å². The highest BCUT2D eigenvalue weighted by molar-refractivity contribution is 5.78. The zero-order valence-electron chi connectivity index (χ0n) is 13.7. The van der Waals surface area contributed by atoms with Crippen molar-refractivity contribution in [1.82, 2.24) is 20.0 Å². The quantitative estimate of drug-likeness (QED) is 0.912. The number of aryl methyl sites for hydroxylation is 1. The van der Waals surface area contributed by atoms with Crippen LogP contribution in [0.15, 0.2) is 30.6 Å². The molecular weight excluding hydrogens is 314 g/mol. The molecule has 3 rings (SSSR count). The van der Waals surface area contributed by atoms with Crippen molar-refractivity contribution in [3.8, 4) is 0 Å². The molecule has 128 valence electrons. The fourth-order valence-corrected chi connectivity index (χ4v) is 2.89. The summed E-state index contributed by atoms with van der Waals surface area (Å²) >= 11 is 0. The van der Waals surface area contributed by atoms with Crippen LogP contribution in [-0.2, 0) is 4.79 Å². The summed E-state index contributed by atoms with van der Waals surface area (Å²) < 4.78 is 28.6. The van der Waals surface area contributed by atoms with Gasteiger partial charge in [0.15, 0.2) is 0 Å². The molecule has 7 heteroatoms. The molecule has 0 spiro atoms. The first kappa shape index (κ1) is 16.6. The zero-order valence-corrected chi connectivity index (χ0v) is 13.7. The molecule has 0 aliphatic carbocycles. The van der Waals surface area contributed by atoms with Crippen LogP contribution >= 0.6 is 0 Å². The van der Waals surface area contributed by atoms with Crippen molar-refractivity contribution in [2.75, 3.05) is 19.6 Å². The van der Waals surface area contributed by atoms with Gasteiger partial charge in [0, 0.05) is 30.9 Å². The number of hydrogen-bond donors (Lipinski definition) is 1. The highest BCUT2D eigenvalue weighted by atomic mass is 19.1. The molecular formula is C17H20F2N4O.